The third-order valence-corrected chi connectivity index (χ3v) is 4.59. The Hall–Kier alpha value is -1.80. The van der Waals surface area contributed by atoms with Crippen LogP contribution in [0.15, 0.2) is 23.1 Å². The lowest BCUT2D eigenvalue weighted by Gasteiger charge is -2.15. The van der Waals surface area contributed by atoms with Crippen LogP contribution in [0.2, 0.25) is 0 Å². The molecule has 0 saturated heterocycles. The van der Waals surface area contributed by atoms with Gasteiger partial charge < -0.3 is 14.6 Å². The highest BCUT2D eigenvalue weighted by atomic mass is 32.2. The second kappa shape index (κ2) is 6.31. The van der Waals surface area contributed by atoms with Crippen molar-refractivity contribution in [2.75, 3.05) is 6.79 Å². The van der Waals surface area contributed by atoms with Gasteiger partial charge in [0, 0.05) is 0 Å². The van der Waals surface area contributed by atoms with Crippen LogP contribution in [0.3, 0.4) is 0 Å². The van der Waals surface area contributed by atoms with E-state index in [1.165, 1.54) is 12.1 Å². The molecule has 0 saturated carbocycles. The molecule has 0 amide bonds. The Morgan fingerprint density at radius 1 is 1.43 bits per heavy atom. The van der Waals surface area contributed by atoms with E-state index in [4.69, 9.17) is 14.6 Å². The molecule has 21 heavy (non-hydrogen) atoms. The molecule has 0 aliphatic carbocycles. The van der Waals surface area contributed by atoms with Gasteiger partial charge in [-0.05, 0) is 18.6 Å². The van der Waals surface area contributed by atoms with Crippen LogP contribution in [-0.2, 0) is 14.8 Å². The fraction of sp³-hybridized carbons (Fsp3) is 0.462. The fourth-order valence-electron chi connectivity index (χ4n) is 2.01. The van der Waals surface area contributed by atoms with Crippen LogP contribution in [0, 0.1) is 0 Å². The largest absolute Gasteiger partial charge is 0.480 e. The van der Waals surface area contributed by atoms with Gasteiger partial charge >= 0.3 is 5.97 Å². The third kappa shape index (κ3) is 3.45. The summed E-state index contributed by atoms with van der Waals surface area (Å²) in [4.78, 5) is 11.1. The lowest BCUT2D eigenvalue weighted by Crippen LogP contribution is -2.40. The first-order valence-electron chi connectivity index (χ1n) is 6.59. The summed E-state index contributed by atoms with van der Waals surface area (Å²) in [6.07, 6.45) is 1.63. The molecule has 7 nitrogen and oxygen atoms in total. The van der Waals surface area contributed by atoms with E-state index in [9.17, 15) is 13.2 Å². The molecule has 2 rings (SSSR count). The van der Waals surface area contributed by atoms with Crippen molar-refractivity contribution in [1.29, 1.82) is 0 Å². The normalized spacial score (nSPS) is 14.9. The lowest BCUT2D eigenvalue weighted by atomic mass is 10.1. The highest BCUT2D eigenvalue weighted by Crippen LogP contribution is 2.37. The number of unbranched alkanes of at least 4 members (excludes halogenated alkanes) is 1. The van der Waals surface area contributed by atoms with E-state index in [2.05, 4.69) is 4.72 Å². The molecule has 1 atom stereocenters. The molecule has 0 bridgehead atoms. The van der Waals surface area contributed by atoms with Crippen LogP contribution in [0.1, 0.15) is 26.2 Å². The third-order valence-electron chi connectivity index (χ3n) is 3.09. The minimum atomic E-state index is -4.00. The number of fused-ring (bicyclic) bond motifs is 1. The Bertz CT molecular complexity index is 628. The summed E-state index contributed by atoms with van der Waals surface area (Å²) >= 11 is 0. The van der Waals surface area contributed by atoms with Gasteiger partial charge in [-0.25, -0.2) is 8.42 Å². The zero-order chi connectivity index (χ0) is 15.5. The van der Waals surface area contributed by atoms with Gasteiger partial charge in [-0.2, -0.15) is 4.72 Å². The van der Waals surface area contributed by atoms with Crippen molar-refractivity contribution >= 4 is 16.0 Å². The Balaban J connectivity index is 2.26. The molecule has 0 aromatic heterocycles. The summed E-state index contributed by atoms with van der Waals surface area (Å²) in [7, 11) is -4.00. The zero-order valence-corrected chi connectivity index (χ0v) is 12.4. The molecule has 116 valence electrons. The number of carboxylic acids is 1. The number of para-hydroxylation sites is 1. The number of benzene rings is 1. The van der Waals surface area contributed by atoms with Crippen molar-refractivity contribution in [2.45, 2.75) is 37.1 Å². The van der Waals surface area contributed by atoms with Gasteiger partial charge in [-0.3, -0.25) is 4.79 Å². The first-order valence-corrected chi connectivity index (χ1v) is 8.07. The van der Waals surface area contributed by atoms with Crippen molar-refractivity contribution in [3.63, 3.8) is 0 Å². The number of carbonyl (C=O) groups is 1. The molecule has 1 aromatic rings. The fourth-order valence-corrected chi connectivity index (χ4v) is 3.39. The maximum atomic E-state index is 12.4. The van der Waals surface area contributed by atoms with Crippen LogP contribution < -0.4 is 14.2 Å². The lowest BCUT2D eigenvalue weighted by molar-refractivity contribution is -0.139. The zero-order valence-electron chi connectivity index (χ0n) is 11.5. The molecule has 0 spiro atoms. The predicted octanol–water partition coefficient (Wildman–Crippen LogP) is 1.34. The number of hydrogen-bond acceptors (Lipinski definition) is 5. The molecule has 1 heterocycles. The van der Waals surface area contributed by atoms with E-state index in [-0.39, 0.29) is 23.9 Å². The molecular weight excluding hydrogens is 298 g/mol. The van der Waals surface area contributed by atoms with Crippen LogP contribution in [-0.4, -0.2) is 32.3 Å². The quantitative estimate of drug-likeness (QED) is 0.787. The summed E-state index contributed by atoms with van der Waals surface area (Å²) < 4.78 is 37.2. The summed E-state index contributed by atoms with van der Waals surface area (Å²) in [6, 6.07) is 3.30. The number of aliphatic carboxylic acids is 1. The molecule has 1 aliphatic rings. The average Bonchev–Trinajstić information content (AvgIpc) is 2.91. The number of nitrogens with one attached hydrogen (secondary N) is 1. The number of ether oxygens (including phenoxy) is 2. The first kappa shape index (κ1) is 15.6. The van der Waals surface area contributed by atoms with E-state index < -0.39 is 22.0 Å². The monoisotopic (exact) mass is 315 g/mol. The average molecular weight is 315 g/mol. The highest BCUT2D eigenvalue weighted by Gasteiger charge is 2.30. The van der Waals surface area contributed by atoms with Gasteiger partial charge in [0.15, 0.2) is 11.5 Å². The minimum Gasteiger partial charge on any atom is -0.480 e. The Morgan fingerprint density at radius 3 is 2.86 bits per heavy atom. The van der Waals surface area contributed by atoms with Crippen molar-refractivity contribution in [1.82, 2.24) is 4.72 Å². The van der Waals surface area contributed by atoms with E-state index in [1.54, 1.807) is 6.07 Å². The van der Waals surface area contributed by atoms with E-state index in [1.807, 2.05) is 6.92 Å². The van der Waals surface area contributed by atoms with Crippen molar-refractivity contribution in [2.24, 2.45) is 0 Å². The van der Waals surface area contributed by atoms with Gasteiger partial charge in [-0.1, -0.05) is 25.8 Å². The van der Waals surface area contributed by atoms with Gasteiger partial charge in [0.1, 0.15) is 10.9 Å². The molecule has 1 aromatic carbocycles. The molecular formula is C13H17NO6S. The van der Waals surface area contributed by atoms with Crippen LogP contribution in [0.4, 0.5) is 0 Å². The van der Waals surface area contributed by atoms with Gasteiger partial charge in [0.2, 0.25) is 16.8 Å². The Labute approximate surface area is 122 Å². The summed E-state index contributed by atoms with van der Waals surface area (Å²) in [5.41, 5.74) is 0. The minimum absolute atomic E-state index is 0.0555. The summed E-state index contributed by atoms with van der Waals surface area (Å²) in [5, 5.41) is 9.12. The van der Waals surface area contributed by atoms with Crippen molar-refractivity contribution < 1.29 is 27.8 Å². The highest BCUT2D eigenvalue weighted by molar-refractivity contribution is 7.89. The van der Waals surface area contributed by atoms with Gasteiger partial charge in [0.05, 0.1) is 0 Å². The Morgan fingerprint density at radius 2 is 2.19 bits per heavy atom. The van der Waals surface area contributed by atoms with E-state index in [0.717, 1.165) is 6.42 Å². The predicted molar refractivity (Wildman–Crippen MR) is 73.8 cm³/mol. The van der Waals surface area contributed by atoms with Crippen LogP contribution in [0.5, 0.6) is 11.5 Å². The number of hydrogen-bond donors (Lipinski definition) is 2. The molecule has 0 radical (unpaired) electrons. The van der Waals surface area contributed by atoms with Crippen molar-refractivity contribution in [3.8, 4) is 11.5 Å². The number of sulfonamides is 1. The smallest absolute Gasteiger partial charge is 0.321 e. The summed E-state index contributed by atoms with van der Waals surface area (Å²) in [6.45, 7) is 1.85. The molecule has 1 unspecified atom stereocenters. The second-order valence-electron chi connectivity index (χ2n) is 4.64. The van der Waals surface area contributed by atoms with Crippen LogP contribution in [0.25, 0.3) is 0 Å². The molecule has 0 fully saturated rings. The number of carboxylic acid groups (broad SMARTS) is 1. The van der Waals surface area contributed by atoms with Gasteiger partial charge in [-0.15, -0.1) is 0 Å². The van der Waals surface area contributed by atoms with Crippen molar-refractivity contribution in [3.05, 3.63) is 18.2 Å². The molecule has 8 heteroatoms. The second-order valence-corrected chi connectivity index (χ2v) is 6.33. The molecule has 2 N–H and O–H groups in total. The van der Waals surface area contributed by atoms with E-state index >= 15 is 0 Å². The SMILES string of the molecule is CCCCC(NS(=O)(=O)c1cccc2c1OCO2)C(=O)O. The molecule has 1 aliphatic heterocycles. The standard InChI is InChI=1S/C13H17NO6S/c1-2-3-5-9(13(15)16)14-21(17,18)11-7-4-6-10-12(11)20-8-19-10/h4,6-7,9,14H,2-3,5,8H2,1H3,(H,15,16). The topological polar surface area (TPSA) is 102 Å². The van der Waals surface area contributed by atoms with Crippen LogP contribution >= 0.6 is 0 Å². The van der Waals surface area contributed by atoms with Gasteiger partial charge in [0.25, 0.3) is 0 Å². The maximum absolute atomic E-state index is 12.4. The summed E-state index contributed by atoms with van der Waals surface area (Å²) in [5.74, 6) is -0.750. The first-order chi connectivity index (χ1) is 9.95. The maximum Gasteiger partial charge on any atom is 0.321 e. The Kier molecular flexibility index (Phi) is 4.69. The number of rotatable bonds is 7. The van der Waals surface area contributed by atoms with E-state index in [0.29, 0.717) is 12.2 Å².